The number of halogens is 3. The van der Waals surface area contributed by atoms with Crippen molar-refractivity contribution in [2.45, 2.75) is 19.3 Å². The van der Waals surface area contributed by atoms with Crippen LogP contribution in [0, 0.1) is 0 Å². The molecule has 0 unspecified atom stereocenters. The summed E-state index contributed by atoms with van der Waals surface area (Å²) >= 11 is 0. The van der Waals surface area contributed by atoms with E-state index in [0.717, 1.165) is 5.56 Å². The third-order valence-electron chi connectivity index (χ3n) is 5.36. The van der Waals surface area contributed by atoms with E-state index in [4.69, 9.17) is 13.9 Å². The number of phenolic OH excluding ortho intramolecular Hbond substituents is 1. The van der Waals surface area contributed by atoms with Gasteiger partial charge in [0.2, 0.25) is 11.2 Å². The molecule has 4 rings (SSSR count). The highest BCUT2D eigenvalue weighted by Crippen LogP contribution is 2.40. The molecule has 4 aromatic rings. The van der Waals surface area contributed by atoms with Gasteiger partial charge < -0.3 is 19.0 Å². The van der Waals surface area contributed by atoms with E-state index in [1.165, 1.54) is 43.5 Å². The predicted octanol–water partition coefficient (Wildman–Crippen LogP) is 5.95. The molecule has 9 heteroatoms. The number of benzene rings is 3. The van der Waals surface area contributed by atoms with Gasteiger partial charge in [0.05, 0.1) is 18.1 Å². The Balaban J connectivity index is 1.79. The zero-order chi connectivity index (χ0) is 25.2. The monoisotopic (exact) mass is 485 g/mol. The fourth-order valence-electron chi connectivity index (χ4n) is 3.70. The minimum absolute atomic E-state index is 0.00421. The van der Waals surface area contributed by atoms with Crippen LogP contribution in [0.3, 0.4) is 0 Å². The summed E-state index contributed by atoms with van der Waals surface area (Å²) in [6.07, 6.45) is -5.02. The maximum atomic E-state index is 14.0. The summed E-state index contributed by atoms with van der Waals surface area (Å²) in [4.78, 5) is 14.9. The number of ether oxygens (including phenoxy) is 2. The van der Waals surface area contributed by atoms with Gasteiger partial charge in [-0.1, -0.05) is 30.3 Å². The fourth-order valence-corrected chi connectivity index (χ4v) is 3.70. The molecule has 1 aromatic heterocycles. The molecule has 0 bridgehead atoms. The minimum atomic E-state index is -5.02. The first-order valence-electron chi connectivity index (χ1n) is 10.6. The van der Waals surface area contributed by atoms with Gasteiger partial charge in [0, 0.05) is 13.1 Å². The molecule has 0 aliphatic carbocycles. The SMILES string of the molecule is COc1ccc(Oc2c(C(F)(F)F)oc3c(CN(C)Cc4ccccc4)c(O)ccc3c2=O)cc1. The van der Waals surface area contributed by atoms with Crippen LogP contribution in [0.5, 0.6) is 23.0 Å². The van der Waals surface area contributed by atoms with Crippen LogP contribution >= 0.6 is 0 Å². The van der Waals surface area contributed by atoms with Crippen LogP contribution in [0.15, 0.2) is 75.9 Å². The second-order valence-electron chi connectivity index (χ2n) is 7.96. The van der Waals surface area contributed by atoms with Crippen LogP contribution in [0.2, 0.25) is 0 Å². The van der Waals surface area contributed by atoms with Crippen molar-refractivity contribution >= 4 is 11.0 Å². The average Bonchev–Trinajstić information content (AvgIpc) is 2.83. The van der Waals surface area contributed by atoms with Crippen molar-refractivity contribution in [2.24, 2.45) is 0 Å². The molecule has 0 aliphatic rings. The Labute approximate surface area is 198 Å². The molecule has 0 amide bonds. The van der Waals surface area contributed by atoms with E-state index < -0.39 is 23.1 Å². The molecule has 1 heterocycles. The number of methoxy groups -OCH3 is 1. The van der Waals surface area contributed by atoms with E-state index in [1.54, 1.807) is 11.9 Å². The van der Waals surface area contributed by atoms with Gasteiger partial charge >= 0.3 is 6.18 Å². The molecular weight excluding hydrogens is 463 g/mol. The van der Waals surface area contributed by atoms with Gasteiger partial charge in [0.15, 0.2) is 0 Å². The molecule has 1 N–H and O–H groups in total. The van der Waals surface area contributed by atoms with Crippen LogP contribution < -0.4 is 14.9 Å². The maximum Gasteiger partial charge on any atom is 0.453 e. The summed E-state index contributed by atoms with van der Waals surface area (Å²) in [5, 5.41) is 10.3. The zero-order valence-electron chi connectivity index (χ0n) is 18.9. The molecule has 35 heavy (non-hydrogen) atoms. The third kappa shape index (κ3) is 5.25. The van der Waals surface area contributed by atoms with E-state index in [1.807, 2.05) is 30.3 Å². The minimum Gasteiger partial charge on any atom is -0.507 e. The lowest BCUT2D eigenvalue weighted by atomic mass is 10.1. The molecule has 6 nitrogen and oxygen atoms in total. The summed E-state index contributed by atoms with van der Waals surface area (Å²) in [5.74, 6) is -2.37. The van der Waals surface area contributed by atoms with Crippen LogP contribution in [0.25, 0.3) is 11.0 Å². The Morgan fingerprint density at radius 1 is 0.943 bits per heavy atom. The summed E-state index contributed by atoms with van der Waals surface area (Å²) in [6, 6.07) is 17.6. The van der Waals surface area contributed by atoms with Gasteiger partial charge in [0.1, 0.15) is 22.8 Å². The number of alkyl halides is 3. The Hall–Kier alpha value is -3.98. The van der Waals surface area contributed by atoms with Crippen LogP contribution in [0.4, 0.5) is 13.2 Å². The Bertz CT molecular complexity index is 1380. The topological polar surface area (TPSA) is 72.1 Å². The molecule has 0 saturated heterocycles. The molecule has 3 aromatic carbocycles. The summed E-state index contributed by atoms with van der Waals surface area (Å²) in [5.41, 5.74) is -0.299. The van der Waals surface area contributed by atoms with E-state index in [0.29, 0.717) is 12.3 Å². The molecule has 0 saturated carbocycles. The van der Waals surface area contributed by atoms with Crippen molar-refractivity contribution in [3.8, 4) is 23.0 Å². The normalized spacial score (nSPS) is 11.7. The van der Waals surface area contributed by atoms with Gasteiger partial charge in [-0.3, -0.25) is 9.69 Å². The first kappa shape index (κ1) is 24.2. The summed E-state index contributed by atoms with van der Waals surface area (Å²) < 4.78 is 57.5. The van der Waals surface area contributed by atoms with Crippen molar-refractivity contribution in [1.29, 1.82) is 0 Å². The zero-order valence-corrected chi connectivity index (χ0v) is 18.9. The molecule has 0 fully saturated rings. The molecule has 0 atom stereocenters. The van der Waals surface area contributed by atoms with Gasteiger partial charge in [-0.25, -0.2) is 0 Å². The lowest BCUT2D eigenvalue weighted by Gasteiger charge is -2.19. The average molecular weight is 485 g/mol. The first-order valence-corrected chi connectivity index (χ1v) is 10.6. The van der Waals surface area contributed by atoms with Crippen molar-refractivity contribution in [3.05, 3.63) is 93.8 Å². The lowest BCUT2D eigenvalue weighted by Crippen LogP contribution is -2.19. The predicted molar refractivity (Wildman–Crippen MR) is 124 cm³/mol. The molecule has 0 aliphatic heterocycles. The highest BCUT2D eigenvalue weighted by atomic mass is 19.4. The lowest BCUT2D eigenvalue weighted by molar-refractivity contribution is -0.154. The molecule has 0 radical (unpaired) electrons. The van der Waals surface area contributed by atoms with Gasteiger partial charge in [-0.05, 0) is 49.0 Å². The third-order valence-corrected chi connectivity index (χ3v) is 5.36. The van der Waals surface area contributed by atoms with Crippen molar-refractivity contribution < 1.29 is 32.2 Å². The van der Waals surface area contributed by atoms with Gasteiger partial charge in [0.25, 0.3) is 5.76 Å². The highest BCUT2D eigenvalue weighted by molar-refractivity contribution is 5.83. The standard InChI is InChI=1S/C26H22F3NO5/c1-30(14-16-6-4-3-5-7-16)15-20-21(31)13-12-19-22(32)24(25(26(27,28)29)35-23(19)20)34-18-10-8-17(33-2)9-11-18/h3-13,31H,14-15H2,1-2H3. The van der Waals surface area contributed by atoms with E-state index in [2.05, 4.69) is 0 Å². The van der Waals surface area contributed by atoms with Crippen LogP contribution in [0.1, 0.15) is 16.9 Å². The number of rotatable bonds is 7. The van der Waals surface area contributed by atoms with Crippen molar-refractivity contribution in [3.63, 3.8) is 0 Å². The van der Waals surface area contributed by atoms with Crippen LogP contribution in [-0.2, 0) is 19.3 Å². The summed E-state index contributed by atoms with van der Waals surface area (Å²) in [6.45, 7) is 0.503. The maximum absolute atomic E-state index is 14.0. The number of nitrogens with zero attached hydrogens (tertiary/aromatic N) is 1. The number of phenols is 1. The number of hydrogen-bond donors (Lipinski definition) is 1. The first-order chi connectivity index (χ1) is 16.7. The highest BCUT2D eigenvalue weighted by Gasteiger charge is 2.41. The van der Waals surface area contributed by atoms with Crippen molar-refractivity contribution in [2.75, 3.05) is 14.2 Å². The number of fused-ring (bicyclic) bond motifs is 1. The largest absolute Gasteiger partial charge is 0.507 e. The Morgan fingerprint density at radius 3 is 2.23 bits per heavy atom. The summed E-state index contributed by atoms with van der Waals surface area (Å²) in [7, 11) is 3.19. The number of hydrogen-bond acceptors (Lipinski definition) is 6. The quantitative estimate of drug-likeness (QED) is 0.349. The number of aromatic hydroxyl groups is 1. The molecule has 182 valence electrons. The molecule has 0 spiro atoms. The van der Waals surface area contributed by atoms with E-state index in [9.17, 15) is 23.1 Å². The van der Waals surface area contributed by atoms with Gasteiger partial charge in [-0.15, -0.1) is 0 Å². The smallest absolute Gasteiger partial charge is 0.453 e. The van der Waals surface area contributed by atoms with E-state index in [-0.39, 0.29) is 34.6 Å². The Kier molecular flexibility index (Phi) is 6.70. The second kappa shape index (κ2) is 9.71. The van der Waals surface area contributed by atoms with Crippen LogP contribution in [-0.4, -0.2) is 24.2 Å². The van der Waals surface area contributed by atoms with E-state index >= 15 is 0 Å². The fraction of sp³-hybridized carbons (Fsp3) is 0.192. The second-order valence-corrected chi connectivity index (χ2v) is 7.96. The Morgan fingerprint density at radius 2 is 1.60 bits per heavy atom. The van der Waals surface area contributed by atoms with Crippen molar-refractivity contribution in [1.82, 2.24) is 4.90 Å². The molecular formula is C26H22F3NO5. The van der Waals surface area contributed by atoms with Gasteiger partial charge in [-0.2, -0.15) is 13.2 Å².